The quantitative estimate of drug-likeness (QED) is 0.278. The van der Waals surface area contributed by atoms with Crippen molar-refractivity contribution in [1.29, 1.82) is 0 Å². The minimum Gasteiger partial charge on any atom is -0.493 e. The average Bonchev–Trinajstić information content (AvgIpc) is 3.37. The van der Waals surface area contributed by atoms with Crippen molar-refractivity contribution in [2.24, 2.45) is 0 Å². The van der Waals surface area contributed by atoms with Gasteiger partial charge in [-0.15, -0.1) is 0 Å². The van der Waals surface area contributed by atoms with Crippen molar-refractivity contribution in [2.75, 3.05) is 19.5 Å². The maximum atomic E-state index is 13.0. The minimum atomic E-state index is -0.698. The third-order valence-corrected chi connectivity index (χ3v) is 5.42. The van der Waals surface area contributed by atoms with Gasteiger partial charge < -0.3 is 23.9 Å². The molecule has 0 radical (unpaired) electrons. The molecular formula is C25H21ClN2O6. The molecule has 1 N–H and O–H groups in total. The average molecular weight is 481 g/mol. The zero-order valence-electron chi connectivity index (χ0n) is 18.7. The van der Waals surface area contributed by atoms with E-state index in [-0.39, 0.29) is 28.8 Å². The number of rotatable bonds is 7. The normalized spacial score (nSPS) is 10.7. The number of pyridine rings is 1. The van der Waals surface area contributed by atoms with Crippen LogP contribution in [0.4, 0.5) is 5.69 Å². The number of methoxy groups -OCH3 is 2. The van der Waals surface area contributed by atoms with Gasteiger partial charge in [0.05, 0.1) is 37.3 Å². The summed E-state index contributed by atoms with van der Waals surface area (Å²) in [5.74, 6) is -0.533. The number of halogens is 1. The van der Waals surface area contributed by atoms with Gasteiger partial charge in [-0.2, -0.15) is 0 Å². The Hall–Kier alpha value is -4.04. The number of nitrogens with one attached hydrogen (secondary N) is 1. The van der Waals surface area contributed by atoms with Gasteiger partial charge in [0.25, 0.3) is 5.91 Å². The van der Waals surface area contributed by atoms with Crippen LogP contribution in [0.5, 0.6) is 11.5 Å². The number of hydrogen-bond acceptors (Lipinski definition) is 7. The standard InChI is InChI=1S/C25H21ClN2O6/c1-14-6-7-15-10-16(23(26)27-18(15)9-14)13-34-25(30)17-11-21(31-2)22(32-3)12-19(17)28-24(29)20-5-4-8-33-20/h4-12H,13H2,1-3H3,(H,28,29). The lowest BCUT2D eigenvalue weighted by Crippen LogP contribution is -2.16. The van der Waals surface area contributed by atoms with Crippen molar-refractivity contribution in [1.82, 2.24) is 4.98 Å². The van der Waals surface area contributed by atoms with E-state index in [9.17, 15) is 9.59 Å². The van der Waals surface area contributed by atoms with Crippen LogP contribution in [0.3, 0.4) is 0 Å². The molecule has 34 heavy (non-hydrogen) atoms. The van der Waals surface area contributed by atoms with Crippen molar-refractivity contribution in [3.63, 3.8) is 0 Å². The smallest absolute Gasteiger partial charge is 0.340 e. The molecule has 0 spiro atoms. The molecule has 0 saturated heterocycles. The zero-order chi connectivity index (χ0) is 24.2. The fourth-order valence-corrected chi connectivity index (χ4v) is 3.56. The number of esters is 1. The van der Waals surface area contributed by atoms with Gasteiger partial charge in [-0.1, -0.05) is 23.7 Å². The first-order chi connectivity index (χ1) is 16.4. The highest BCUT2D eigenvalue weighted by Crippen LogP contribution is 2.34. The number of aromatic nitrogens is 1. The van der Waals surface area contributed by atoms with E-state index in [0.717, 1.165) is 16.5 Å². The van der Waals surface area contributed by atoms with E-state index in [1.807, 2.05) is 31.2 Å². The Balaban J connectivity index is 1.61. The maximum Gasteiger partial charge on any atom is 0.340 e. The lowest BCUT2D eigenvalue weighted by atomic mass is 10.1. The van der Waals surface area contributed by atoms with Gasteiger partial charge >= 0.3 is 5.97 Å². The van der Waals surface area contributed by atoms with Crippen molar-refractivity contribution in [3.8, 4) is 11.5 Å². The Kier molecular flexibility index (Phi) is 6.70. The van der Waals surface area contributed by atoms with Crippen LogP contribution in [0.1, 0.15) is 32.0 Å². The fourth-order valence-electron chi connectivity index (χ4n) is 3.36. The van der Waals surface area contributed by atoms with E-state index in [2.05, 4.69) is 10.3 Å². The minimum absolute atomic E-state index is 0.0676. The maximum absolute atomic E-state index is 13.0. The van der Waals surface area contributed by atoms with Crippen molar-refractivity contribution in [2.45, 2.75) is 13.5 Å². The zero-order valence-corrected chi connectivity index (χ0v) is 19.4. The second-order valence-electron chi connectivity index (χ2n) is 7.39. The van der Waals surface area contributed by atoms with Gasteiger partial charge in [-0.25, -0.2) is 9.78 Å². The Morgan fingerprint density at radius 2 is 1.82 bits per heavy atom. The highest BCUT2D eigenvalue weighted by molar-refractivity contribution is 6.30. The molecule has 0 aliphatic heterocycles. The van der Waals surface area contributed by atoms with Gasteiger partial charge in [0.2, 0.25) is 0 Å². The Bertz CT molecular complexity index is 1370. The molecule has 2 heterocycles. The van der Waals surface area contributed by atoms with Crippen LogP contribution in [0, 0.1) is 6.92 Å². The third-order valence-electron chi connectivity index (χ3n) is 5.09. The summed E-state index contributed by atoms with van der Waals surface area (Å²) in [7, 11) is 2.89. The van der Waals surface area contributed by atoms with Crippen LogP contribution in [0.15, 0.2) is 59.2 Å². The first-order valence-corrected chi connectivity index (χ1v) is 10.6. The van der Waals surface area contributed by atoms with E-state index < -0.39 is 11.9 Å². The molecule has 0 unspecified atom stereocenters. The molecular weight excluding hydrogens is 460 g/mol. The predicted molar refractivity (Wildman–Crippen MR) is 127 cm³/mol. The van der Waals surface area contributed by atoms with Gasteiger partial charge in [-0.3, -0.25) is 4.79 Å². The number of furan rings is 1. The topological polar surface area (TPSA) is 99.9 Å². The molecule has 0 fully saturated rings. The molecule has 174 valence electrons. The van der Waals surface area contributed by atoms with E-state index in [0.29, 0.717) is 17.1 Å². The van der Waals surface area contributed by atoms with E-state index >= 15 is 0 Å². The number of fused-ring (bicyclic) bond motifs is 1. The van der Waals surface area contributed by atoms with Crippen LogP contribution in [0.2, 0.25) is 5.15 Å². The summed E-state index contributed by atoms with van der Waals surface area (Å²) in [6.45, 7) is 1.85. The molecule has 0 atom stereocenters. The predicted octanol–water partition coefficient (Wildman–Crippen LogP) is 5.42. The number of aryl methyl sites for hydroxylation is 1. The molecule has 4 rings (SSSR count). The fraction of sp³-hybridized carbons (Fsp3) is 0.160. The number of ether oxygens (including phenoxy) is 3. The number of benzene rings is 2. The Labute approximate surface area is 200 Å². The molecule has 0 bridgehead atoms. The second-order valence-corrected chi connectivity index (χ2v) is 7.75. The summed E-state index contributed by atoms with van der Waals surface area (Å²) in [5.41, 5.74) is 2.60. The summed E-state index contributed by atoms with van der Waals surface area (Å²) < 4.78 is 21.2. The van der Waals surface area contributed by atoms with E-state index in [1.165, 1.54) is 38.7 Å². The summed E-state index contributed by atoms with van der Waals surface area (Å²) in [4.78, 5) is 30.0. The molecule has 9 heteroatoms. The van der Waals surface area contributed by atoms with Crippen LogP contribution in [0.25, 0.3) is 10.9 Å². The monoisotopic (exact) mass is 480 g/mol. The third kappa shape index (κ3) is 4.82. The number of hydrogen-bond donors (Lipinski definition) is 1. The van der Waals surface area contributed by atoms with Crippen molar-refractivity contribution in [3.05, 3.63) is 82.4 Å². The summed E-state index contributed by atoms with van der Waals surface area (Å²) in [6, 6.07) is 13.6. The summed E-state index contributed by atoms with van der Waals surface area (Å²) >= 11 is 6.32. The number of anilines is 1. The molecule has 1 amide bonds. The molecule has 0 aliphatic rings. The highest BCUT2D eigenvalue weighted by Gasteiger charge is 2.21. The van der Waals surface area contributed by atoms with Crippen LogP contribution in [-0.4, -0.2) is 31.1 Å². The SMILES string of the molecule is COc1cc(NC(=O)c2ccco2)c(C(=O)OCc2cc3ccc(C)cc3nc2Cl)cc1OC. The molecule has 4 aromatic rings. The van der Waals surface area contributed by atoms with Crippen molar-refractivity contribution < 1.29 is 28.2 Å². The highest BCUT2D eigenvalue weighted by atomic mass is 35.5. The van der Waals surface area contributed by atoms with Gasteiger partial charge in [0, 0.05) is 23.1 Å². The van der Waals surface area contributed by atoms with Crippen LogP contribution in [-0.2, 0) is 11.3 Å². The van der Waals surface area contributed by atoms with Crippen LogP contribution < -0.4 is 14.8 Å². The summed E-state index contributed by atoms with van der Waals surface area (Å²) in [5, 5.41) is 3.77. The van der Waals surface area contributed by atoms with Crippen molar-refractivity contribution >= 4 is 40.1 Å². The second kappa shape index (κ2) is 9.84. The number of carbonyl (C=O) groups is 2. The molecule has 2 aromatic carbocycles. The first-order valence-electron chi connectivity index (χ1n) is 10.2. The summed E-state index contributed by atoms with van der Waals surface area (Å²) in [6.07, 6.45) is 1.38. The van der Waals surface area contributed by atoms with Gasteiger partial charge in [0.1, 0.15) is 11.8 Å². The lowest BCUT2D eigenvalue weighted by Gasteiger charge is -2.15. The molecule has 0 aliphatic carbocycles. The first kappa shape index (κ1) is 23.1. The van der Waals surface area contributed by atoms with E-state index in [4.69, 9.17) is 30.2 Å². The molecule has 2 aromatic heterocycles. The van der Waals surface area contributed by atoms with Crippen LogP contribution >= 0.6 is 11.6 Å². The molecule has 0 saturated carbocycles. The Morgan fingerprint density at radius 1 is 1.06 bits per heavy atom. The Morgan fingerprint density at radius 3 is 2.53 bits per heavy atom. The number of carbonyl (C=O) groups excluding carboxylic acids is 2. The van der Waals surface area contributed by atoms with Gasteiger partial charge in [0.15, 0.2) is 17.3 Å². The van der Waals surface area contributed by atoms with Gasteiger partial charge in [-0.05, 0) is 36.8 Å². The largest absolute Gasteiger partial charge is 0.493 e. The molecule has 8 nitrogen and oxygen atoms in total. The number of nitrogens with zero attached hydrogens (tertiary/aromatic N) is 1. The lowest BCUT2D eigenvalue weighted by molar-refractivity contribution is 0.0473. The number of amides is 1. The van der Waals surface area contributed by atoms with E-state index in [1.54, 1.807) is 6.07 Å².